The largest absolute Gasteiger partial charge is 0.508 e. The summed E-state index contributed by atoms with van der Waals surface area (Å²) in [7, 11) is 0. The summed E-state index contributed by atoms with van der Waals surface area (Å²) in [5.74, 6) is 1.07. The van der Waals surface area contributed by atoms with Crippen LogP contribution >= 0.6 is 0 Å². The highest BCUT2D eigenvalue weighted by molar-refractivity contribution is 5.81. The lowest BCUT2D eigenvalue weighted by Crippen LogP contribution is -1.74. The maximum absolute atomic E-state index is 9.20. The first-order valence-electron chi connectivity index (χ1n) is 3.88. The third-order valence-electron chi connectivity index (χ3n) is 1.86. The van der Waals surface area contributed by atoms with Crippen LogP contribution in [0.2, 0.25) is 0 Å². The van der Waals surface area contributed by atoms with E-state index in [-0.39, 0.29) is 5.75 Å². The molecular weight excluding hydrogens is 154 g/mol. The molecule has 0 amide bonds. The molecule has 1 aromatic carbocycles. The van der Waals surface area contributed by atoms with E-state index in [9.17, 15) is 5.11 Å². The maximum atomic E-state index is 9.20. The fourth-order valence-electron chi connectivity index (χ4n) is 1.24. The minimum atomic E-state index is 0.250. The molecule has 1 N–H and O–H groups in total. The van der Waals surface area contributed by atoms with E-state index in [2.05, 4.69) is 5.16 Å². The van der Waals surface area contributed by atoms with E-state index in [1.807, 2.05) is 6.92 Å². The smallest absolute Gasteiger partial charge is 0.144 e. The van der Waals surface area contributed by atoms with Crippen LogP contribution in [-0.4, -0.2) is 10.3 Å². The van der Waals surface area contributed by atoms with E-state index in [1.54, 1.807) is 18.2 Å². The Morgan fingerprint density at radius 1 is 1.50 bits per heavy atom. The van der Waals surface area contributed by atoms with Gasteiger partial charge in [-0.25, -0.2) is 0 Å². The van der Waals surface area contributed by atoms with Crippen LogP contribution in [0, 0.1) is 0 Å². The second-order valence-electron chi connectivity index (χ2n) is 2.66. The number of phenols is 1. The van der Waals surface area contributed by atoms with Gasteiger partial charge < -0.3 is 9.63 Å². The van der Waals surface area contributed by atoms with Crippen LogP contribution in [-0.2, 0) is 6.42 Å². The normalized spacial score (nSPS) is 10.8. The van der Waals surface area contributed by atoms with Gasteiger partial charge in [-0.2, -0.15) is 0 Å². The number of benzene rings is 1. The second-order valence-corrected chi connectivity index (χ2v) is 2.66. The molecule has 0 aliphatic carbocycles. The van der Waals surface area contributed by atoms with Crippen molar-refractivity contribution >= 4 is 10.9 Å². The average molecular weight is 163 g/mol. The van der Waals surface area contributed by atoms with Gasteiger partial charge in [0.15, 0.2) is 0 Å². The maximum Gasteiger partial charge on any atom is 0.144 e. The molecule has 3 heteroatoms. The lowest BCUT2D eigenvalue weighted by atomic mass is 10.2. The van der Waals surface area contributed by atoms with Crippen molar-refractivity contribution in [3.05, 3.63) is 24.0 Å². The second kappa shape index (κ2) is 2.52. The first-order chi connectivity index (χ1) is 5.81. The summed E-state index contributed by atoms with van der Waals surface area (Å²) >= 11 is 0. The molecule has 0 spiro atoms. The van der Waals surface area contributed by atoms with Gasteiger partial charge in [-0.3, -0.25) is 0 Å². The van der Waals surface area contributed by atoms with E-state index in [4.69, 9.17) is 4.52 Å². The highest BCUT2D eigenvalue weighted by atomic mass is 16.5. The first-order valence-corrected chi connectivity index (χ1v) is 3.88. The number of fused-ring (bicyclic) bond motifs is 1. The number of hydrogen-bond donors (Lipinski definition) is 1. The number of hydrogen-bond acceptors (Lipinski definition) is 3. The van der Waals surface area contributed by atoms with Gasteiger partial charge in [0, 0.05) is 11.8 Å². The minimum Gasteiger partial charge on any atom is -0.508 e. The zero-order chi connectivity index (χ0) is 8.55. The molecule has 0 unspecified atom stereocenters. The van der Waals surface area contributed by atoms with Crippen LogP contribution in [0.25, 0.3) is 10.9 Å². The van der Waals surface area contributed by atoms with Crippen molar-refractivity contribution in [2.45, 2.75) is 13.3 Å². The van der Waals surface area contributed by atoms with Crippen LogP contribution in [0.5, 0.6) is 5.75 Å². The summed E-state index contributed by atoms with van der Waals surface area (Å²) in [4.78, 5) is 0. The van der Waals surface area contributed by atoms with Gasteiger partial charge in [-0.05, 0) is 18.2 Å². The monoisotopic (exact) mass is 163 g/mol. The number of nitrogens with zero attached hydrogens (tertiary/aromatic N) is 1. The Balaban J connectivity index is 2.75. The summed E-state index contributed by atoms with van der Waals surface area (Å²) in [5, 5.41) is 13.9. The number of aromatic nitrogens is 1. The Labute approximate surface area is 69.6 Å². The number of phenolic OH excluding ortho intramolecular Hbond substituents is 1. The van der Waals surface area contributed by atoms with E-state index >= 15 is 0 Å². The lowest BCUT2D eigenvalue weighted by Gasteiger charge is -1.90. The molecule has 0 aliphatic rings. The van der Waals surface area contributed by atoms with Crippen LogP contribution in [0.1, 0.15) is 12.7 Å². The van der Waals surface area contributed by atoms with E-state index in [1.165, 1.54) is 0 Å². The van der Waals surface area contributed by atoms with Crippen molar-refractivity contribution in [3.8, 4) is 5.75 Å². The molecule has 62 valence electrons. The van der Waals surface area contributed by atoms with E-state index < -0.39 is 0 Å². The molecule has 12 heavy (non-hydrogen) atoms. The SMILES string of the molecule is CCc1onc2ccc(O)cc12. The third-order valence-corrected chi connectivity index (χ3v) is 1.86. The van der Waals surface area contributed by atoms with Gasteiger partial charge in [0.2, 0.25) is 0 Å². The molecule has 1 aromatic heterocycles. The first kappa shape index (κ1) is 7.16. The van der Waals surface area contributed by atoms with Crippen molar-refractivity contribution in [2.24, 2.45) is 0 Å². The average Bonchev–Trinajstić information content (AvgIpc) is 2.46. The molecule has 0 radical (unpaired) electrons. The van der Waals surface area contributed by atoms with Crippen molar-refractivity contribution < 1.29 is 9.63 Å². The van der Waals surface area contributed by atoms with Crippen molar-refractivity contribution in [2.75, 3.05) is 0 Å². The van der Waals surface area contributed by atoms with Gasteiger partial charge in [0.25, 0.3) is 0 Å². The molecule has 0 bridgehead atoms. The number of aromatic hydroxyl groups is 1. The highest BCUT2D eigenvalue weighted by Gasteiger charge is 2.05. The topological polar surface area (TPSA) is 46.3 Å². The van der Waals surface area contributed by atoms with Crippen molar-refractivity contribution in [1.29, 1.82) is 0 Å². The predicted octanol–water partition coefficient (Wildman–Crippen LogP) is 2.10. The molecular formula is C9H9NO2. The number of aryl methyl sites for hydroxylation is 1. The van der Waals surface area contributed by atoms with Crippen LogP contribution in [0.15, 0.2) is 22.7 Å². The van der Waals surface area contributed by atoms with E-state index in [0.717, 1.165) is 23.1 Å². The molecule has 0 aliphatic heterocycles. The van der Waals surface area contributed by atoms with Gasteiger partial charge in [-0.1, -0.05) is 12.1 Å². The Morgan fingerprint density at radius 3 is 3.08 bits per heavy atom. The van der Waals surface area contributed by atoms with E-state index in [0.29, 0.717) is 0 Å². The molecule has 3 nitrogen and oxygen atoms in total. The third kappa shape index (κ3) is 0.942. The lowest BCUT2D eigenvalue weighted by molar-refractivity contribution is 0.394. The summed E-state index contributed by atoms with van der Waals surface area (Å²) in [6.07, 6.45) is 0.792. The standard InChI is InChI=1S/C9H9NO2/c1-2-9-7-5-6(11)3-4-8(7)10-12-9/h3-5,11H,2H2,1H3. The molecule has 1 heterocycles. The summed E-state index contributed by atoms with van der Waals surface area (Å²) in [5.41, 5.74) is 0.796. The quantitative estimate of drug-likeness (QED) is 0.700. The van der Waals surface area contributed by atoms with Crippen molar-refractivity contribution in [3.63, 3.8) is 0 Å². The van der Waals surface area contributed by atoms with Gasteiger partial charge in [0.05, 0.1) is 0 Å². The molecule has 0 atom stereocenters. The molecule has 2 rings (SSSR count). The highest BCUT2D eigenvalue weighted by Crippen LogP contribution is 2.22. The van der Waals surface area contributed by atoms with Crippen LogP contribution in [0.4, 0.5) is 0 Å². The Hall–Kier alpha value is -1.51. The molecule has 2 aromatic rings. The van der Waals surface area contributed by atoms with Gasteiger partial charge in [-0.15, -0.1) is 0 Å². The Morgan fingerprint density at radius 2 is 2.33 bits per heavy atom. The predicted molar refractivity (Wildman–Crippen MR) is 45.1 cm³/mol. The molecule has 0 fully saturated rings. The van der Waals surface area contributed by atoms with Crippen LogP contribution in [0.3, 0.4) is 0 Å². The molecule has 0 saturated heterocycles. The Kier molecular flexibility index (Phi) is 1.50. The fourth-order valence-corrected chi connectivity index (χ4v) is 1.24. The zero-order valence-corrected chi connectivity index (χ0v) is 6.74. The fraction of sp³-hybridized carbons (Fsp3) is 0.222. The van der Waals surface area contributed by atoms with Gasteiger partial charge >= 0.3 is 0 Å². The summed E-state index contributed by atoms with van der Waals surface area (Å²) < 4.78 is 5.06. The minimum absolute atomic E-state index is 0.250. The summed E-state index contributed by atoms with van der Waals surface area (Å²) in [6, 6.07) is 5.02. The molecule has 0 saturated carbocycles. The zero-order valence-electron chi connectivity index (χ0n) is 6.74. The van der Waals surface area contributed by atoms with Crippen LogP contribution < -0.4 is 0 Å². The van der Waals surface area contributed by atoms with Gasteiger partial charge in [0.1, 0.15) is 17.0 Å². The number of rotatable bonds is 1. The summed E-state index contributed by atoms with van der Waals surface area (Å²) in [6.45, 7) is 1.99. The Bertz CT molecular complexity index is 406. The van der Waals surface area contributed by atoms with Crippen molar-refractivity contribution in [1.82, 2.24) is 5.16 Å².